The van der Waals surface area contributed by atoms with E-state index in [-0.39, 0.29) is 34.2 Å². The van der Waals surface area contributed by atoms with Crippen LogP contribution in [0.15, 0.2) is 47.3 Å². The molecule has 0 radical (unpaired) electrons. The molecule has 26 heavy (non-hydrogen) atoms. The van der Waals surface area contributed by atoms with Crippen LogP contribution in [-0.2, 0) is 6.54 Å². The summed E-state index contributed by atoms with van der Waals surface area (Å²) in [5.41, 5.74) is 5.91. The van der Waals surface area contributed by atoms with Gasteiger partial charge in [-0.3, -0.25) is 9.36 Å². The molecule has 0 aliphatic carbocycles. The molecule has 5 nitrogen and oxygen atoms in total. The lowest BCUT2D eigenvalue weighted by Crippen LogP contribution is -2.26. The van der Waals surface area contributed by atoms with Crippen LogP contribution in [0.4, 0.5) is 13.2 Å². The van der Waals surface area contributed by atoms with Crippen LogP contribution in [0.2, 0.25) is 5.02 Å². The van der Waals surface area contributed by atoms with Gasteiger partial charge in [-0.05, 0) is 24.3 Å². The monoisotopic (exact) mass is 383 g/mol. The molecule has 136 valence electrons. The number of nitrogens with zero attached hydrogens (tertiary/aromatic N) is 2. The molecule has 3 aromatic rings. The summed E-state index contributed by atoms with van der Waals surface area (Å²) in [5.74, 6) is 0.215. The summed E-state index contributed by atoms with van der Waals surface area (Å²) in [6.45, 7) is -1.48. The van der Waals surface area contributed by atoms with Gasteiger partial charge in [-0.2, -0.15) is 13.2 Å². The maximum atomic E-state index is 12.9. The van der Waals surface area contributed by atoms with E-state index in [2.05, 4.69) is 4.98 Å². The van der Waals surface area contributed by atoms with Gasteiger partial charge in [-0.15, -0.1) is 0 Å². The number of rotatable bonds is 4. The average Bonchev–Trinajstić information content (AvgIpc) is 2.59. The molecule has 1 heterocycles. The van der Waals surface area contributed by atoms with Crippen LogP contribution in [0.1, 0.15) is 5.82 Å². The first-order valence-electron chi connectivity index (χ1n) is 7.50. The third-order valence-electron chi connectivity index (χ3n) is 3.58. The Morgan fingerprint density at radius 2 is 1.92 bits per heavy atom. The minimum atomic E-state index is -4.46. The first-order chi connectivity index (χ1) is 12.3. The summed E-state index contributed by atoms with van der Waals surface area (Å²) in [7, 11) is 0. The molecule has 9 heteroatoms. The zero-order valence-corrected chi connectivity index (χ0v) is 14.0. The largest absolute Gasteiger partial charge is 0.484 e. The van der Waals surface area contributed by atoms with Crippen molar-refractivity contribution in [2.75, 3.05) is 6.61 Å². The molecular formula is C17H13ClF3N3O2. The van der Waals surface area contributed by atoms with E-state index in [0.29, 0.717) is 5.52 Å². The summed E-state index contributed by atoms with van der Waals surface area (Å²) in [6, 6.07) is 10.6. The van der Waals surface area contributed by atoms with E-state index in [9.17, 15) is 18.0 Å². The summed E-state index contributed by atoms with van der Waals surface area (Å²) in [4.78, 5) is 17.3. The number of aromatic nitrogens is 2. The van der Waals surface area contributed by atoms with Gasteiger partial charge in [0.2, 0.25) is 0 Å². The standard InChI is InChI=1S/C17H13ClF3N3O2/c18-12-5-2-6-13-15(12)16(25)24(14(8-22)23-13)10-3-1-4-11(7-10)26-9-17(19,20)21/h1-7H,8-9,22H2. The number of hydrogen-bond donors (Lipinski definition) is 1. The maximum Gasteiger partial charge on any atom is 0.422 e. The fourth-order valence-electron chi connectivity index (χ4n) is 2.52. The van der Waals surface area contributed by atoms with Crippen LogP contribution < -0.4 is 16.0 Å². The number of ether oxygens (including phenoxy) is 1. The number of fused-ring (bicyclic) bond motifs is 1. The average molecular weight is 384 g/mol. The SMILES string of the molecule is NCc1nc2cccc(Cl)c2c(=O)n1-c1cccc(OCC(F)(F)F)c1. The Balaban J connectivity index is 2.15. The van der Waals surface area contributed by atoms with Crippen molar-refractivity contribution in [3.8, 4) is 11.4 Å². The molecule has 0 aliphatic heterocycles. The van der Waals surface area contributed by atoms with Crippen molar-refractivity contribution < 1.29 is 17.9 Å². The Kier molecular flexibility index (Phi) is 4.88. The molecule has 0 aliphatic rings. The number of benzene rings is 2. The van der Waals surface area contributed by atoms with E-state index >= 15 is 0 Å². The van der Waals surface area contributed by atoms with Crippen LogP contribution in [0.3, 0.4) is 0 Å². The highest BCUT2D eigenvalue weighted by Gasteiger charge is 2.28. The second-order valence-electron chi connectivity index (χ2n) is 5.41. The van der Waals surface area contributed by atoms with Crippen LogP contribution in [0, 0.1) is 0 Å². The van der Waals surface area contributed by atoms with Gasteiger partial charge in [0.05, 0.1) is 28.2 Å². The molecule has 0 atom stereocenters. The van der Waals surface area contributed by atoms with Crippen LogP contribution >= 0.6 is 11.6 Å². The highest BCUT2D eigenvalue weighted by atomic mass is 35.5. The summed E-state index contributed by atoms with van der Waals surface area (Å²) < 4.78 is 43.0. The fourth-order valence-corrected chi connectivity index (χ4v) is 2.77. The molecule has 3 rings (SSSR count). The van der Waals surface area contributed by atoms with Gasteiger partial charge < -0.3 is 10.5 Å². The van der Waals surface area contributed by atoms with Gasteiger partial charge in [-0.1, -0.05) is 23.7 Å². The van der Waals surface area contributed by atoms with Crippen LogP contribution in [0.25, 0.3) is 16.6 Å². The Morgan fingerprint density at radius 1 is 1.19 bits per heavy atom. The number of hydrogen-bond acceptors (Lipinski definition) is 4. The molecule has 0 bridgehead atoms. The minimum absolute atomic E-state index is 0.0334. The molecule has 1 aromatic heterocycles. The predicted molar refractivity (Wildman–Crippen MR) is 91.8 cm³/mol. The van der Waals surface area contributed by atoms with E-state index in [1.807, 2.05) is 0 Å². The van der Waals surface area contributed by atoms with E-state index in [0.717, 1.165) is 0 Å². The van der Waals surface area contributed by atoms with Gasteiger partial charge in [0.1, 0.15) is 11.6 Å². The topological polar surface area (TPSA) is 70.1 Å². The second kappa shape index (κ2) is 6.97. The lowest BCUT2D eigenvalue weighted by Gasteiger charge is -2.14. The maximum absolute atomic E-state index is 12.9. The zero-order valence-electron chi connectivity index (χ0n) is 13.3. The van der Waals surface area contributed by atoms with Gasteiger partial charge in [-0.25, -0.2) is 4.98 Å². The molecule has 0 saturated carbocycles. The van der Waals surface area contributed by atoms with E-state index < -0.39 is 18.3 Å². The number of halogens is 4. The van der Waals surface area contributed by atoms with Crippen LogP contribution in [-0.4, -0.2) is 22.3 Å². The van der Waals surface area contributed by atoms with E-state index in [1.165, 1.54) is 22.8 Å². The zero-order chi connectivity index (χ0) is 18.9. The Morgan fingerprint density at radius 3 is 2.62 bits per heavy atom. The Hall–Kier alpha value is -2.58. The molecule has 2 aromatic carbocycles. The molecule has 0 saturated heterocycles. The van der Waals surface area contributed by atoms with E-state index in [4.69, 9.17) is 22.1 Å². The highest BCUT2D eigenvalue weighted by Crippen LogP contribution is 2.23. The van der Waals surface area contributed by atoms with Crippen molar-refractivity contribution in [2.24, 2.45) is 5.73 Å². The highest BCUT2D eigenvalue weighted by molar-refractivity contribution is 6.35. The van der Waals surface area contributed by atoms with Crippen molar-refractivity contribution in [1.82, 2.24) is 9.55 Å². The molecule has 0 fully saturated rings. The quantitative estimate of drug-likeness (QED) is 0.749. The molecular weight excluding hydrogens is 371 g/mol. The fraction of sp³-hybridized carbons (Fsp3) is 0.176. The normalized spacial score (nSPS) is 11.7. The lowest BCUT2D eigenvalue weighted by molar-refractivity contribution is -0.153. The summed E-state index contributed by atoms with van der Waals surface area (Å²) in [6.07, 6.45) is -4.46. The molecule has 0 unspecified atom stereocenters. The first kappa shape index (κ1) is 18.2. The predicted octanol–water partition coefficient (Wildman–Crippen LogP) is 3.44. The van der Waals surface area contributed by atoms with Crippen molar-refractivity contribution in [3.63, 3.8) is 0 Å². The van der Waals surface area contributed by atoms with Gasteiger partial charge >= 0.3 is 6.18 Å². The van der Waals surface area contributed by atoms with Crippen molar-refractivity contribution in [1.29, 1.82) is 0 Å². The van der Waals surface area contributed by atoms with Gasteiger partial charge in [0.25, 0.3) is 5.56 Å². The number of alkyl halides is 3. The smallest absolute Gasteiger partial charge is 0.422 e. The lowest BCUT2D eigenvalue weighted by atomic mass is 10.2. The van der Waals surface area contributed by atoms with Gasteiger partial charge in [0.15, 0.2) is 6.61 Å². The second-order valence-corrected chi connectivity index (χ2v) is 5.82. The summed E-state index contributed by atoms with van der Waals surface area (Å²) in [5, 5.41) is 0.426. The molecule has 0 spiro atoms. The third kappa shape index (κ3) is 3.66. The summed E-state index contributed by atoms with van der Waals surface area (Å²) >= 11 is 6.11. The molecule has 0 amide bonds. The number of nitrogens with two attached hydrogens (primary N) is 1. The Bertz CT molecular complexity index is 1020. The van der Waals surface area contributed by atoms with E-state index in [1.54, 1.807) is 24.3 Å². The molecule has 2 N–H and O–H groups in total. The van der Waals surface area contributed by atoms with Crippen LogP contribution in [0.5, 0.6) is 5.75 Å². The van der Waals surface area contributed by atoms with Crippen molar-refractivity contribution in [3.05, 3.63) is 63.7 Å². The Labute approximate surface area is 150 Å². The van der Waals surface area contributed by atoms with Crippen molar-refractivity contribution in [2.45, 2.75) is 12.7 Å². The first-order valence-corrected chi connectivity index (χ1v) is 7.88. The van der Waals surface area contributed by atoms with Crippen molar-refractivity contribution >= 4 is 22.5 Å². The third-order valence-corrected chi connectivity index (χ3v) is 3.89. The minimum Gasteiger partial charge on any atom is -0.484 e. The van der Waals surface area contributed by atoms with Gasteiger partial charge in [0, 0.05) is 6.07 Å².